The Balaban J connectivity index is 2.13. The third-order valence-corrected chi connectivity index (χ3v) is 4.49. The summed E-state index contributed by atoms with van der Waals surface area (Å²) in [5.41, 5.74) is 0.459. The van der Waals surface area contributed by atoms with Gasteiger partial charge in [-0.25, -0.2) is 0 Å². The van der Waals surface area contributed by atoms with Crippen molar-refractivity contribution < 1.29 is 4.79 Å². The van der Waals surface area contributed by atoms with Crippen LogP contribution in [0.15, 0.2) is 35.4 Å². The Morgan fingerprint density at radius 2 is 2.00 bits per heavy atom. The lowest BCUT2D eigenvalue weighted by Crippen LogP contribution is -2.14. The first-order valence-electron chi connectivity index (χ1n) is 6.14. The molecule has 2 aromatic rings. The van der Waals surface area contributed by atoms with Gasteiger partial charge in [-0.15, -0.1) is 11.8 Å². The summed E-state index contributed by atoms with van der Waals surface area (Å²) in [5.74, 6) is 0.230. The van der Waals surface area contributed by atoms with E-state index in [0.29, 0.717) is 15.7 Å². The van der Waals surface area contributed by atoms with Crippen LogP contribution in [0.2, 0.25) is 10.0 Å². The highest BCUT2D eigenvalue weighted by Gasteiger charge is 2.19. The van der Waals surface area contributed by atoms with E-state index in [1.165, 1.54) is 18.0 Å². The van der Waals surface area contributed by atoms with Gasteiger partial charge in [0.25, 0.3) is 0 Å². The summed E-state index contributed by atoms with van der Waals surface area (Å²) in [6.45, 7) is 3.92. The van der Waals surface area contributed by atoms with Gasteiger partial charge in [0.15, 0.2) is 5.78 Å². The predicted molar refractivity (Wildman–Crippen MR) is 84.1 cm³/mol. The number of carbonyl (C=O) groups is 1. The van der Waals surface area contributed by atoms with Crippen molar-refractivity contribution in [1.29, 1.82) is 0 Å². The van der Waals surface area contributed by atoms with Crippen molar-refractivity contribution in [2.75, 3.05) is 5.75 Å². The Hall–Kier alpha value is -0.970. The van der Waals surface area contributed by atoms with E-state index in [0.717, 1.165) is 4.90 Å². The van der Waals surface area contributed by atoms with Crippen LogP contribution in [0.1, 0.15) is 30.4 Å². The summed E-state index contributed by atoms with van der Waals surface area (Å²) >= 11 is 13.5. The number of aromatic nitrogens is 2. The number of hydrogen-bond donors (Lipinski definition) is 0. The van der Waals surface area contributed by atoms with E-state index in [4.69, 9.17) is 23.2 Å². The number of hydrogen-bond acceptors (Lipinski definition) is 3. The largest absolute Gasteiger partial charge is 0.291 e. The molecule has 0 radical (unpaired) electrons. The van der Waals surface area contributed by atoms with Crippen molar-refractivity contribution in [3.8, 4) is 0 Å². The molecule has 1 aromatic heterocycles. The highest BCUT2D eigenvalue weighted by molar-refractivity contribution is 8.00. The summed E-state index contributed by atoms with van der Waals surface area (Å²) in [4.78, 5) is 13.2. The zero-order valence-corrected chi connectivity index (χ0v) is 13.5. The Bertz CT molecular complexity index is 625. The first-order chi connectivity index (χ1) is 9.50. The molecule has 1 heterocycles. The van der Waals surface area contributed by atoms with Crippen LogP contribution in [-0.2, 0) is 0 Å². The van der Waals surface area contributed by atoms with E-state index in [1.54, 1.807) is 10.7 Å². The van der Waals surface area contributed by atoms with Crippen LogP contribution in [0, 0.1) is 0 Å². The van der Waals surface area contributed by atoms with E-state index in [1.807, 2.05) is 32.0 Å². The molecule has 0 bridgehead atoms. The number of halogens is 2. The van der Waals surface area contributed by atoms with E-state index in [-0.39, 0.29) is 17.6 Å². The van der Waals surface area contributed by atoms with Crippen LogP contribution in [0.5, 0.6) is 0 Å². The Morgan fingerprint density at radius 1 is 1.30 bits per heavy atom. The average molecular weight is 329 g/mol. The SMILES string of the molecule is CC(C)n1ncc(Cl)c1C(=O)CSc1ccccc1Cl. The van der Waals surface area contributed by atoms with Crippen LogP contribution in [0.4, 0.5) is 0 Å². The number of ketones is 1. The molecular formula is C14H14Cl2N2OS. The summed E-state index contributed by atoms with van der Waals surface area (Å²) < 4.78 is 1.65. The van der Waals surface area contributed by atoms with Crippen molar-refractivity contribution in [2.45, 2.75) is 24.8 Å². The zero-order chi connectivity index (χ0) is 14.7. The third-order valence-electron chi connectivity index (χ3n) is 2.70. The maximum absolute atomic E-state index is 12.3. The third kappa shape index (κ3) is 3.37. The molecule has 0 unspecified atom stereocenters. The first-order valence-corrected chi connectivity index (χ1v) is 7.88. The zero-order valence-electron chi connectivity index (χ0n) is 11.1. The van der Waals surface area contributed by atoms with Crippen LogP contribution >= 0.6 is 35.0 Å². The van der Waals surface area contributed by atoms with Gasteiger partial charge in [0, 0.05) is 10.9 Å². The van der Waals surface area contributed by atoms with Crippen LogP contribution in [-0.4, -0.2) is 21.3 Å². The number of thioether (sulfide) groups is 1. The normalized spacial score (nSPS) is 11.1. The molecule has 0 amide bonds. The average Bonchev–Trinajstić information content (AvgIpc) is 2.79. The fourth-order valence-corrected chi connectivity index (χ4v) is 3.11. The molecule has 0 saturated carbocycles. The van der Waals surface area contributed by atoms with Crippen molar-refractivity contribution in [3.05, 3.63) is 46.2 Å². The second-order valence-corrected chi connectivity index (χ2v) is 6.35. The molecule has 0 atom stereocenters. The summed E-state index contributed by atoms with van der Waals surface area (Å²) in [6.07, 6.45) is 1.51. The molecule has 3 nitrogen and oxygen atoms in total. The molecule has 0 aliphatic carbocycles. The van der Waals surface area contributed by atoms with Crippen molar-refractivity contribution in [2.24, 2.45) is 0 Å². The minimum absolute atomic E-state index is 0.0499. The van der Waals surface area contributed by atoms with Gasteiger partial charge < -0.3 is 0 Å². The molecule has 6 heteroatoms. The maximum Gasteiger partial charge on any atom is 0.192 e. The van der Waals surface area contributed by atoms with E-state index >= 15 is 0 Å². The van der Waals surface area contributed by atoms with E-state index < -0.39 is 0 Å². The molecule has 0 aliphatic rings. The minimum atomic E-state index is -0.0499. The number of benzene rings is 1. The molecule has 20 heavy (non-hydrogen) atoms. The number of carbonyl (C=O) groups excluding carboxylic acids is 1. The molecule has 1 aromatic carbocycles. The lowest BCUT2D eigenvalue weighted by molar-refractivity contribution is 0.101. The van der Waals surface area contributed by atoms with Crippen molar-refractivity contribution >= 4 is 40.7 Å². The Morgan fingerprint density at radius 3 is 2.65 bits per heavy atom. The van der Waals surface area contributed by atoms with Crippen LogP contribution in [0.3, 0.4) is 0 Å². The fourth-order valence-electron chi connectivity index (χ4n) is 1.77. The van der Waals surface area contributed by atoms with Gasteiger partial charge in [-0.05, 0) is 26.0 Å². The van der Waals surface area contributed by atoms with Gasteiger partial charge in [-0.2, -0.15) is 5.10 Å². The fraction of sp³-hybridized carbons (Fsp3) is 0.286. The Kier molecular flexibility index (Phi) is 5.13. The maximum atomic E-state index is 12.3. The molecule has 0 aliphatic heterocycles. The molecule has 106 valence electrons. The Labute approximate surface area is 132 Å². The summed E-state index contributed by atoms with van der Waals surface area (Å²) in [6, 6.07) is 7.54. The molecule has 0 N–H and O–H groups in total. The molecule has 0 fully saturated rings. The van der Waals surface area contributed by atoms with Gasteiger partial charge in [0.05, 0.1) is 22.0 Å². The van der Waals surface area contributed by atoms with Gasteiger partial charge in [0.2, 0.25) is 0 Å². The molecule has 2 rings (SSSR count). The second kappa shape index (κ2) is 6.66. The van der Waals surface area contributed by atoms with Gasteiger partial charge in [0.1, 0.15) is 5.69 Å². The molecule has 0 saturated heterocycles. The highest BCUT2D eigenvalue weighted by atomic mass is 35.5. The monoisotopic (exact) mass is 328 g/mol. The lowest BCUT2D eigenvalue weighted by atomic mass is 10.3. The number of nitrogens with zero attached hydrogens (tertiary/aromatic N) is 2. The predicted octanol–water partition coefficient (Wildman–Crippen LogP) is 4.75. The van der Waals surface area contributed by atoms with E-state index in [9.17, 15) is 4.79 Å². The smallest absolute Gasteiger partial charge is 0.192 e. The van der Waals surface area contributed by atoms with Gasteiger partial charge in [-0.1, -0.05) is 35.3 Å². The topological polar surface area (TPSA) is 34.9 Å². The first kappa shape index (κ1) is 15.4. The summed E-state index contributed by atoms with van der Waals surface area (Å²) in [5, 5.41) is 5.18. The summed E-state index contributed by atoms with van der Waals surface area (Å²) in [7, 11) is 0. The second-order valence-electron chi connectivity index (χ2n) is 4.52. The standard InChI is InChI=1S/C14H14Cl2N2OS/c1-9(2)18-14(11(16)7-17-18)12(19)8-20-13-6-4-3-5-10(13)15/h3-7,9H,8H2,1-2H3. The molecular weight excluding hydrogens is 315 g/mol. The highest BCUT2D eigenvalue weighted by Crippen LogP contribution is 2.28. The number of Topliss-reactive ketones (excluding diaryl/α,β-unsaturated/α-hetero) is 1. The lowest BCUT2D eigenvalue weighted by Gasteiger charge is -2.10. The van der Waals surface area contributed by atoms with Crippen LogP contribution in [0.25, 0.3) is 0 Å². The van der Waals surface area contributed by atoms with Gasteiger partial charge in [-0.3, -0.25) is 9.48 Å². The quantitative estimate of drug-likeness (QED) is 0.587. The minimum Gasteiger partial charge on any atom is -0.291 e. The van der Waals surface area contributed by atoms with Gasteiger partial charge >= 0.3 is 0 Å². The number of rotatable bonds is 5. The van der Waals surface area contributed by atoms with Crippen LogP contribution < -0.4 is 0 Å². The molecule has 0 spiro atoms. The van der Waals surface area contributed by atoms with E-state index in [2.05, 4.69) is 5.10 Å². The van der Waals surface area contributed by atoms with Crippen molar-refractivity contribution in [3.63, 3.8) is 0 Å². The van der Waals surface area contributed by atoms with Crippen molar-refractivity contribution in [1.82, 2.24) is 9.78 Å².